The second-order valence-corrected chi connectivity index (χ2v) is 7.32. The molecule has 1 amide bonds. The lowest BCUT2D eigenvalue weighted by atomic mass is 10.1. The van der Waals surface area contributed by atoms with Gasteiger partial charge in [-0.15, -0.1) is 0 Å². The number of ether oxygens (including phenoxy) is 1. The molecule has 0 saturated carbocycles. The number of imidazole rings is 1. The van der Waals surface area contributed by atoms with Gasteiger partial charge in [0.05, 0.1) is 25.3 Å². The van der Waals surface area contributed by atoms with Crippen LogP contribution in [0.3, 0.4) is 0 Å². The Morgan fingerprint density at radius 1 is 1.21 bits per heavy atom. The molecule has 0 radical (unpaired) electrons. The minimum absolute atomic E-state index is 0.0263. The maximum Gasteiger partial charge on any atom is 0.253 e. The van der Waals surface area contributed by atoms with Gasteiger partial charge in [-0.1, -0.05) is 12.1 Å². The van der Waals surface area contributed by atoms with Gasteiger partial charge < -0.3 is 19.1 Å². The number of anilines is 1. The highest BCUT2D eigenvalue weighted by Crippen LogP contribution is 2.20. The van der Waals surface area contributed by atoms with Crippen molar-refractivity contribution in [1.29, 1.82) is 0 Å². The molecular weight excluding hydrogens is 368 g/mol. The third-order valence-corrected chi connectivity index (χ3v) is 4.90. The van der Waals surface area contributed by atoms with Crippen LogP contribution >= 0.6 is 0 Å². The third-order valence-electron chi connectivity index (χ3n) is 4.90. The number of carbonyl (C=O) groups is 1. The van der Waals surface area contributed by atoms with E-state index in [0.717, 1.165) is 24.3 Å². The fourth-order valence-electron chi connectivity index (χ4n) is 3.32. The first kappa shape index (κ1) is 18.9. The van der Waals surface area contributed by atoms with Gasteiger partial charge in [0, 0.05) is 51.6 Å². The average molecular weight is 392 g/mol. The molecule has 1 fully saturated rings. The van der Waals surface area contributed by atoms with Crippen molar-refractivity contribution in [3.8, 4) is 5.88 Å². The van der Waals surface area contributed by atoms with E-state index in [1.807, 2.05) is 58.9 Å². The lowest BCUT2D eigenvalue weighted by molar-refractivity contribution is 0.0771. The summed E-state index contributed by atoms with van der Waals surface area (Å²) in [5, 5.41) is 0. The molecule has 0 unspecified atom stereocenters. The van der Waals surface area contributed by atoms with E-state index in [1.165, 1.54) is 0 Å². The highest BCUT2D eigenvalue weighted by Gasteiger charge is 2.28. The highest BCUT2D eigenvalue weighted by molar-refractivity contribution is 5.94. The van der Waals surface area contributed by atoms with Crippen molar-refractivity contribution in [3.05, 3.63) is 66.5 Å². The van der Waals surface area contributed by atoms with E-state index in [9.17, 15) is 4.79 Å². The molecular formula is C21H24N6O2. The predicted molar refractivity (Wildman–Crippen MR) is 109 cm³/mol. The molecule has 0 bridgehead atoms. The van der Waals surface area contributed by atoms with Gasteiger partial charge in [-0.05, 0) is 17.7 Å². The number of hydrogen-bond acceptors (Lipinski definition) is 6. The van der Waals surface area contributed by atoms with Gasteiger partial charge >= 0.3 is 0 Å². The summed E-state index contributed by atoms with van der Waals surface area (Å²) in [6.07, 6.45) is 9.45. The maximum atomic E-state index is 12.8. The Balaban J connectivity index is 1.35. The van der Waals surface area contributed by atoms with E-state index in [1.54, 1.807) is 24.9 Å². The summed E-state index contributed by atoms with van der Waals surface area (Å²) in [5.41, 5.74) is 1.82. The number of rotatable bonds is 6. The van der Waals surface area contributed by atoms with E-state index < -0.39 is 0 Å². The molecule has 8 heteroatoms. The zero-order chi connectivity index (χ0) is 20.2. The van der Waals surface area contributed by atoms with Crippen LogP contribution in [0.1, 0.15) is 22.3 Å². The topological polar surface area (TPSA) is 76.4 Å². The van der Waals surface area contributed by atoms with Crippen molar-refractivity contribution >= 4 is 11.7 Å². The first-order valence-electron chi connectivity index (χ1n) is 9.58. The van der Waals surface area contributed by atoms with Crippen LogP contribution in [0.25, 0.3) is 0 Å². The van der Waals surface area contributed by atoms with E-state index in [0.29, 0.717) is 24.5 Å². The van der Waals surface area contributed by atoms with Gasteiger partial charge in [0.1, 0.15) is 6.10 Å². The standard InChI is InChI=1S/C21H24N6O2/c1-25(2)19-11-23-12-20(24-19)29-18-7-9-27(14-18)21(28)17-5-3-16(4-6-17)13-26-10-8-22-15-26/h3-6,8,10-12,15,18H,7,9,13-14H2,1-2H3/t18-/m0/s1. The van der Waals surface area contributed by atoms with Crippen molar-refractivity contribution < 1.29 is 9.53 Å². The Hall–Kier alpha value is -3.42. The van der Waals surface area contributed by atoms with Crippen LogP contribution in [-0.4, -0.2) is 63.6 Å². The van der Waals surface area contributed by atoms with Crippen LogP contribution in [-0.2, 0) is 6.54 Å². The molecule has 1 aromatic carbocycles. The van der Waals surface area contributed by atoms with E-state index in [4.69, 9.17) is 4.74 Å². The van der Waals surface area contributed by atoms with Crippen LogP contribution in [0.15, 0.2) is 55.4 Å². The molecule has 2 aromatic heterocycles. The number of aromatic nitrogens is 4. The fourth-order valence-corrected chi connectivity index (χ4v) is 3.32. The molecule has 3 aromatic rings. The van der Waals surface area contributed by atoms with Gasteiger partial charge in [-0.2, -0.15) is 4.98 Å². The molecule has 29 heavy (non-hydrogen) atoms. The van der Waals surface area contributed by atoms with E-state index in [2.05, 4.69) is 15.0 Å². The normalized spacial score (nSPS) is 16.1. The quantitative estimate of drug-likeness (QED) is 0.639. The molecule has 1 aliphatic rings. The largest absolute Gasteiger partial charge is 0.471 e. The Kier molecular flexibility index (Phi) is 5.41. The molecule has 0 spiro atoms. The zero-order valence-electron chi connectivity index (χ0n) is 16.6. The van der Waals surface area contributed by atoms with Crippen molar-refractivity contribution in [3.63, 3.8) is 0 Å². The van der Waals surface area contributed by atoms with Gasteiger partial charge in [-0.25, -0.2) is 4.98 Å². The first-order chi connectivity index (χ1) is 14.1. The molecule has 1 atom stereocenters. The second kappa shape index (κ2) is 8.30. The molecule has 150 valence electrons. The minimum atomic E-state index is -0.0776. The van der Waals surface area contributed by atoms with Gasteiger partial charge in [0.2, 0.25) is 5.88 Å². The van der Waals surface area contributed by atoms with Gasteiger partial charge in [0.25, 0.3) is 5.91 Å². The number of benzene rings is 1. The molecule has 0 N–H and O–H groups in total. The summed E-state index contributed by atoms with van der Waals surface area (Å²) in [4.78, 5) is 29.2. The summed E-state index contributed by atoms with van der Waals surface area (Å²) in [6, 6.07) is 7.74. The lowest BCUT2D eigenvalue weighted by Gasteiger charge is -2.18. The molecule has 1 aliphatic heterocycles. The van der Waals surface area contributed by atoms with Crippen molar-refractivity contribution in [2.45, 2.75) is 19.1 Å². The lowest BCUT2D eigenvalue weighted by Crippen LogP contribution is -2.31. The summed E-state index contributed by atoms with van der Waals surface area (Å²) < 4.78 is 7.95. The van der Waals surface area contributed by atoms with Crippen LogP contribution in [0.2, 0.25) is 0 Å². The van der Waals surface area contributed by atoms with E-state index >= 15 is 0 Å². The average Bonchev–Trinajstić information content (AvgIpc) is 3.40. The van der Waals surface area contributed by atoms with Crippen molar-refractivity contribution in [2.24, 2.45) is 0 Å². The first-order valence-corrected chi connectivity index (χ1v) is 9.58. The summed E-state index contributed by atoms with van der Waals surface area (Å²) in [6.45, 7) is 1.95. The zero-order valence-corrected chi connectivity index (χ0v) is 16.6. The third kappa shape index (κ3) is 4.53. The number of hydrogen-bond donors (Lipinski definition) is 0. The summed E-state index contributed by atoms with van der Waals surface area (Å²) >= 11 is 0. The molecule has 4 rings (SSSR count). The number of likely N-dealkylation sites (tertiary alicyclic amines) is 1. The number of carbonyl (C=O) groups excluding carboxylic acids is 1. The molecule has 1 saturated heterocycles. The van der Waals surface area contributed by atoms with Crippen LogP contribution in [0.5, 0.6) is 5.88 Å². The molecule has 8 nitrogen and oxygen atoms in total. The summed E-state index contributed by atoms with van der Waals surface area (Å²) in [5.74, 6) is 1.25. The van der Waals surface area contributed by atoms with Crippen LogP contribution in [0.4, 0.5) is 5.82 Å². The van der Waals surface area contributed by atoms with Crippen molar-refractivity contribution in [1.82, 2.24) is 24.4 Å². The van der Waals surface area contributed by atoms with Crippen LogP contribution in [0, 0.1) is 0 Å². The summed E-state index contributed by atoms with van der Waals surface area (Å²) in [7, 11) is 3.81. The highest BCUT2D eigenvalue weighted by atomic mass is 16.5. The van der Waals surface area contributed by atoms with Gasteiger partial charge in [0.15, 0.2) is 5.82 Å². The molecule has 3 heterocycles. The Morgan fingerprint density at radius 3 is 2.76 bits per heavy atom. The second-order valence-electron chi connectivity index (χ2n) is 7.32. The predicted octanol–water partition coefficient (Wildman–Crippen LogP) is 2.08. The van der Waals surface area contributed by atoms with Crippen LogP contribution < -0.4 is 9.64 Å². The molecule has 0 aliphatic carbocycles. The van der Waals surface area contributed by atoms with Gasteiger partial charge in [-0.3, -0.25) is 9.78 Å². The van der Waals surface area contributed by atoms with E-state index in [-0.39, 0.29) is 12.0 Å². The Morgan fingerprint density at radius 2 is 2.03 bits per heavy atom. The number of nitrogens with zero attached hydrogens (tertiary/aromatic N) is 6. The smallest absolute Gasteiger partial charge is 0.253 e. The Labute approximate surface area is 169 Å². The monoisotopic (exact) mass is 392 g/mol. The number of amides is 1. The minimum Gasteiger partial charge on any atom is -0.471 e. The SMILES string of the molecule is CN(C)c1cncc(O[C@H]2CCN(C(=O)c3ccc(Cn4ccnc4)cc3)C2)n1. The van der Waals surface area contributed by atoms with Crippen molar-refractivity contribution in [2.75, 3.05) is 32.1 Å². The maximum absolute atomic E-state index is 12.8. The Bertz CT molecular complexity index is 956. The fraction of sp³-hybridized carbons (Fsp3) is 0.333.